The van der Waals surface area contributed by atoms with Crippen LogP contribution in [-0.4, -0.2) is 29.4 Å². The van der Waals surface area contributed by atoms with E-state index < -0.39 is 0 Å². The molecule has 2 atom stereocenters. The highest BCUT2D eigenvalue weighted by molar-refractivity contribution is 5.91. The van der Waals surface area contributed by atoms with Crippen molar-refractivity contribution < 1.29 is 4.79 Å². The van der Waals surface area contributed by atoms with Gasteiger partial charge in [0.1, 0.15) is 0 Å². The summed E-state index contributed by atoms with van der Waals surface area (Å²) in [7, 11) is 0. The zero-order valence-corrected chi connectivity index (χ0v) is 13.0. The Bertz CT molecular complexity index is 713. The molecule has 1 spiro atoms. The minimum Gasteiger partial charge on any atom is -0.334 e. The summed E-state index contributed by atoms with van der Waals surface area (Å²) in [5, 5.41) is 5.96. The molecule has 22 heavy (non-hydrogen) atoms. The number of fused-ring (bicyclic) bond motifs is 1. The number of nitrogens with zero attached hydrogens (tertiary/aromatic N) is 1. The lowest BCUT2D eigenvalue weighted by molar-refractivity contribution is -0.134. The van der Waals surface area contributed by atoms with Crippen LogP contribution < -0.4 is 5.32 Å². The summed E-state index contributed by atoms with van der Waals surface area (Å²) in [6.45, 7) is 3.99. The Morgan fingerprint density at radius 2 is 1.95 bits per heavy atom. The molecule has 2 heterocycles. The van der Waals surface area contributed by atoms with Crippen LogP contribution in [0.4, 0.5) is 0 Å². The molecule has 0 bridgehead atoms. The molecule has 0 unspecified atom stereocenters. The van der Waals surface area contributed by atoms with Crippen LogP contribution in [0.1, 0.15) is 37.8 Å². The third-order valence-corrected chi connectivity index (χ3v) is 5.43. The van der Waals surface area contributed by atoms with E-state index in [1.165, 1.54) is 16.3 Å². The normalized spacial score (nSPS) is 26.2. The van der Waals surface area contributed by atoms with Crippen molar-refractivity contribution in [2.75, 3.05) is 13.1 Å². The average molecular weight is 294 g/mol. The minimum atomic E-state index is -0.265. The van der Waals surface area contributed by atoms with E-state index in [-0.39, 0.29) is 11.6 Å². The molecule has 0 radical (unpaired) electrons. The maximum Gasteiger partial charge on any atom is 0.243 e. The highest BCUT2D eigenvalue weighted by Crippen LogP contribution is 2.37. The van der Waals surface area contributed by atoms with Gasteiger partial charge in [0.05, 0.1) is 11.6 Å². The number of amides is 1. The van der Waals surface area contributed by atoms with Gasteiger partial charge in [-0.05, 0) is 49.1 Å². The first-order valence-corrected chi connectivity index (χ1v) is 8.25. The molecule has 114 valence electrons. The van der Waals surface area contributed by atoms with Crippen LogP contribution in [-0.2, 0) is 4.79 Å². The first kappa shape index (κ1) is 13.8. The summed E-state index contributed by atoms with van der Waals surface area (Å²) in [5.41, 5.74) is 0.986. The van der Waals surface area contributed by atoms with Gasteiger partial charge in [-0.15, -0.1) is 0 Å². The fraction of sp³-hybridized carbons (Fsp3) is 0.421. The van der Waals surface area contributed by atoms with Crippen LogP contribution in [0.3, 0.4) is 0 Å². The van der Waals surface area contributed by atoms with E-state index in [1.54, 1.807) is 0 Å². The maximum absolute atomic E-state index is 12.9. The summed E-state index contributed by atoms with van der Waals surface area (Å²) in [6, 6.07) is 15.0. The third-order valence-electron chi connectivity index (χ3n) is 5.43. The standard InChI is InChI=1S/C19H22N2O/c1-14(16-9-4-7-15-6-2-3-8-17(15)16)21-13-11-19(18(21)22)10-5-12-20-19/h2-4,6-9,14,20H,5,10-13H2,1H3/t14-,19+/m1/s1. The Morgan fingerprint density at radius 1 is 1.14 bits per heavy atom. The number of hydrogen-bond acceptors (Lipinski definition) is 2. The monoisotopic (exact) mass is 294 g/mol. The molecule has 0 aliphatic carbocycles. The van der Waals surface area contributed by atoms with Gasteiger partial charge in [-0.3, -0.25) is 4.79 Å². The molecule has 2 aliphatic rings. The Balaban J connectivity index is 1.69. The van der Waals surface area contributed by atoms with Gasteiger partial charge < -0.3 is 10.2 Å². The van der Waals surface area contributed by atoms with E-state index in [9.17, 15) is 4.79 Å². The SMILES string of the molecule is C[C@H](c1cccc2ccccc12)N1CC[C@@]2(CCCN2)C1=O. The topological polar surface area (TPSA) is 32.3 Å². The average Bonchev–Trinajstić information content (AvgIpc) is 3.16. The molecule has 2 aromatic carbocycles. The molecule has 1 N–H and O–H groups in total. The second-order valence-corrected chi connectivity index (χ2v) is 6.61. The zero-order valence-electron chi connectivity index (χ0n) is 13.0. The molecular formula is C19H22N2O. The van der Waals surface area contributed by atoms with E-state index in [0.29, 0.717) is 5.91 Å². The lowest BCUT2D eigenvalue weighted by atomic mass is 9.95. The number of hydrogen-bond donors (Lipinski definition) is 1. The van der Waals surface area contributed by atoms with E-state index in [4.69, 9.17) is 0 Å². The molecule has 2 saturated heterocycles. The molecule has 0 saturated carbocycles. The van der Waals surface area contributed by atoms with Gasteiger partial charge >= 0.3 is 0 Å². The Hall–Kier alpha value is -1.87. The van der Waals surface area contributed by atoms with Crippen LogP contribution >= 0.6 is 0 Å². The van der Waals surface area contributed by atoms with Crippen molar-refractivity contribution >= 4 is 16.7 Å². The van der Waals surface area contributed by atoms with Crippen molar-refractivity contribution in [1.29, 1.82) is 0 Å². The molecule has 0 aromatic heterocycles. The molecule has 4 rings (SSSR count). The summed E-state index contributed by atoms with van der Waals surface area (Å²) in [5.74, 6) is 0.297. The van der Waals surface area contributed by atoms with E-state index in [0.717, 1.165) is 32.4 Å². The molecule has 3 heteroatoms. The van der Waals surface area contributed by atoms with Crippen molar-refractivity contribution in [3.63, 3.8) is 0 Å². The van der Waals surface area contributed by atoms with E-state index >= 15 is 0 Å². The van der Waals surface area contributed by atoms with Gasteiger partial charge in [-0.1, -0.05) is 42.5 Å². The van der Waals surface area contributed by atoms with Crippen molar-refractivity contribution in [2.24, 2.45) is 0 Å². The quantitative estimate of drug-likeness (QED) is 0.922. The maximum atomic E-state index is 12.9. The molecule has 2 fully saturated rings. The molecule has 2 aliphatic heterocycles. The van der Waals surface area contributed by atoms with Crippen molar-refractivity contribution in [3.8, 4) is 0 Å². The minimum absolute atomic E-state index is 0.125. The number of carbonyl (C=O) groups excluding carboxylic acids is 1. The highest BCUT2D eigenvalue weighted by Gasteiger charge is 2.49. The number of rotatable bonds is 2. The fourth-order valence-electron chi connectivity index (χ4n) is 4.15. The Morgan fingerprint density at radius 3 is 2.77 bits per heavy atom. The molecule has 3 nitrogen and oxygen atoms in total. The van der Waals surface area contributed by atoms with Gasteiger partial charge in [0, 0.05) is 6.54 Å². The third kappa shape index (κ3) is 1.96. The van der Waals surface area contributed by atoms with Crippen molar-refractivity contribution in [3.05, 3.63) is 48.0 Å². The van der Waals surface area contributed by atoms with Crippen LogP contribution in [0.25, 0.3) is 10.8 Å². The summed E-state index contributed by atoms with van der Waals surface area (Å²) >= 11 is 0. The summed E-state index contributed by atoms with van der Waals surface area (Å²) in [6.07, 6.45) is 3.05. The van der Waals surface area contributed by atoms with Crippen LogP contribution in [0.15, 0.2) is 42.5 Å². The van der Waals surface area contributed by atoms with Crippen LogP contribution in [0.2, 0.25) is 0 Å². The Labute approximate surface area is 131 Å². The lowest BCUT2D eigenvalue weighted by Crippen LogP contribution is -2.47. The fourth-order valence-corrected chi connectivity index (χ4v) is 4.15. The molecule has 2 aromatic rings. The van der Waals surface area contributed by atoms with E-state index in [2.05, 4.69) is 59.6 Å². The van der Waals surface area contributed by atoms with Gasteiger partial charge in [-0.2, -0.15) is 0 Å². The number of nitrogens with one attached hydrogen (secondary N) is 1. The van der Waals surface area contributed by atoms with E-state index in [1.807, 2.05) is 0 Å². The second kappa shape index (κ2) is 5.10. The summed E-state index contributed by atoms with van der Waals surface area (Å²) < 4.78 is 0. The first-order chi connectivity index (χ1) is 10.7. The number of likely N-dealkylation sites (tertiary alicyclic amines) is 1. The predicted molar refractivity (Wildman–Crippen MR) is 88.7 cm³/mol. The first-order valence-electron chi connectivity index (χ1n) is 8.25. The highest BCUT2D eigenvalue weighted by atomic mass is 16.2. The van der Waals surface area contributed by atoms with Gasteiger partial charge in [-0.25, -0.2) is 0 Å². The molecular weight excluding hydrogens is 272 g/mol. The summed E-state index contributed by atoms with van der Waals surface area (Å²) in [4.78, 5) is 15.0. The van der Waals surface area contributed by atoms with Gasteiger partial charge in [0.2, 0.25) is 5.91 Å². The Kier molecular flexibility index (Phi) is 3.19. The zero-order chi connectivity index (χ0) is 15.2. The van der Waals surface area contributed by atoms with Gasteiger partial charge in [0.15, 0.2) is 0 Å². The van der Waals surface area contributed by atoms with Gasteiger partial charge in [0.25, 0.3) is 0 Å². The predicted octanol–water partition coefficient (Wildman–Crippen LogP) is 3.26. The van der Waals surface area contributed by atoms with Crippen molar-refractivity contribution in [2.45, 2.75) is 37.8 Å². The largest absolute Gasteiger partial charge is 0.334 e. The smallest absolute Gasteiger partial charge is 0.243 e. The lowest BCUT2D eigenvalue weighted by Gasteiger charge is -2.28. The van der Waals surface area contributed by atoms with Crippen LogP contribution in [0.5, 0.6) is 0 Å². The number of carbonyl (C=O) groups is 1. The molecule has 1 amide bonds. The van der Waals surface area contributed by atoms with Crippen LogP contribution in [0, 0.1) is 0 Å². The van der Waals surface area contributed by atoms with Crippen molar-refractivity contribution in [1.82, 2.24) is 10.2 Å². The second-order valence-electron chi connectivity index (χ2n) is 6.61. The number of benzene rings is 2.